The summed E-state index contributed by atoms with van der Waals surface area (Å²) in [6.45, 7) is 3.28. The monoisotopic (exact) mass is 224 g/mol. The fourth-order valence-corrected chi connectivity index (χ4v) is 2.04. The van der Waals surface area contributed by atoms with E-state index in [0.717, 1.165) is 18.7 Å². The summed E-state index contributed by atoms with van der Waals surface area (Å²) in [5.41, 5.74) is 3.11. The lowest BCUT2D eigenvalue weighted by molar-refractivity contribution is -0.132. The highest BCUT2D eigenvalue weighted by atomic mass is 16.5. The lowest BCUT2D eigenvalue weighted by Crippen LogP contribution is -2.42. The van der Waals surface area contributed by atoms with Gasteiger partial charge in [0.2, 0.25) is 0 Å². The van der Waals surface area contributed by atoms with Gasteiger partial charge in [-0.3, -0.25) is 10.2 Å². The quantitative estimate of drug-likeness (QED) is 0.415. The Morgan fingerprint density at radius 3 is 3.25 bits per heavy atom. The Kier molecular flexibility index (Phi) is 3.21. The molecule has 6 nitrogen and oxygen atoms in total. The first-order chi connectivity index (χ1) is 7.70. The second kappa shape index (κ2) is 4.63. The summed E-state index contributed by atoms with van der Waals surface area (Å²) in [7, 11) is 0. The molecule has 0 bridgehead atoms. The molecule has 1 fully saturated rings. The molecule has 0 aliphatic carbocycles. The van der Waals surface area contributed by atoms with Crippen LogP contribution in [0.15, 0.2) is 12.5 Å². The Morgan fingerprint density at radius 2 is 2.62 bits per heavy atom. The highest BCUT2D eigenvalue weighted by Gasteiger charge is 2.33. The lowest BCUT2D eigenvalue weighted by Gasteiger charge is -2.16. The van der Waals surface area contributed by atoms with Gasteiger partial charge < -0.3 is 9.30 Å². The summed E-state index contributed by atoms with van der Waals surface area (Å²) in [6, 6.07) is 0. The minimum absolute atomic E-state index is 0.164. The van der Waals surface area contributed by atoms with Gasteiger partial charge >= 0.3 is 0 Å². The van der Waals surface area contributed by atoms with E-state index >= 15 is 0 Å². The van der Waals surface area contributed by atoms with Gasteiger partial charge in [-0.05, 0) is 13.3 Å². The van der Waals surface area contributed by atoms with Crippen LogP contribution in [0.4, 0.5) is 0 Å². The van der Waals surface area contributed by atoms with Crippen LogP contribution in [0.3, 0.4) is 0 Å². The number of nitrogens with two attached hydrogens (primary N) is 1. The van der Waals surface area contributed by atoms with Crippen LogP contribution < -0.4 is 11.3 Å². The van der Waals surface area contributed by atoms with Crippen molar-refractivity contribution in [1.29, 1.82) is 0 Å². The largest absolute Gasteiger partial charge is 0.368 e. The van der Waals surface area contributed by atoms with Crippen molar-refractivity contribution in [3.05, 3.63) is 18.2 Å². The number of hydrazine groups is 1. The molecule has 1 aromatic heterocycles. The van der Waals surface area contributed by atoms with Gasteiger partial charge in [-0.15, -0.1) is 0 Å². The maximum atomic E-state index is 11.4. The van der Waals surface area contributed by atoms with Crippen molar-refractivity contribution in [2.24, 2.45) is 11.8 Å². The van der Waals surface area contributed by atoms with Gasteiger partial charge in [0.25, 0.3) is 5.91 Å². The predicted octanol–water partition coefficient (Wildman–Crippen LogP) is -0.413. The molecule has 2 rings (SSSR count). The maximum Gasteiger partial charge on any atom is 0.263 e. The summed E-state index contributed by atoms with van der Waals surface area (Å²) in [5, 5.41) is 0. The average Bonchev–Trinajstić information content (AvgIpc) is 2.87. The number of imidazole rings is 1. The number of rotatable bonds is 3. The fraction of sp³-hybridized carbons (Fsp3) is 0.600. The molecule has 1 amide bonds. The van der Waals surface area contributed by atoms with Crippen molar-refractivity contribution in [2.75, 3.05) is 6.61 Å². The number of aryl methyl sites for hydroxylation is 1. The van der Waals surface area contributed by atoms with Gasteiger partial charge in [0, 0.05) is 25.3 Å². The number of carbonyl (C=O) groups is 1. The Morgan fingerprint density at radius 1 is 1.81 bits per heavy atom. The zero-order valence-corrected chi connectivity index (χ0v) is 9.22. The van der Waals surface area contributed by atoms with Gasteiger partial charge in [-0.25, -0.2) is 10.8 Å². The third-order valence-corrected chi connectivity index (χ3v) is 2.82. The number of aromatic nitrogens is 2. The molecular formula is C10H16N4O2. The third-order valence-electron chi connectivity index (χ3n) is 2.82. The highest BCUT2D eigenvalue weighted by Crippen LogP contribution is 2.22. The summed E-state index contributed by atoms with van der Waals surface area (Å²) in [6.07, 6.45) is 4.16. The number of amides is 1. The molecule has 6 heteroatoms. The predicted molar refractivity (Wildman–Crippen MR) is 57.1 cm³/mol. The number of hydrogen-bond donors (Lipinski definition) is 2. The molecule has 1 aliphatic heterocycles. The highest BCUT2D eigenvalue weighted by molar-refractivity contribution is 5.80. The number of nitrogens with one attached hydrogen (secondary N) is 1. The molecule has 0 saturated carbocycles. The van der Waals surface area contributed by atoms with Gasteiger partial charge in [-0.2, -0.15) is 0 Å². The van der Waals surface area contributed by atoms with Crippen molar-refractivity contribution in [3.8, 4) is 0 Å². The molecule has 0 aromatic carbocycles. The van der Waals surface area contributed by atoms with Crippen molar-refractivity contribution in [1.82, 2.24) is 15.0 Å². The molecule has 1 saturated heterocycles. The van der Waals surface area contributed by atoms with E-state index in [9.17, 15) is 4.79 Å². The molecule has 0 unspecified atom stereocenters. The summed E-state index contributed by atoms with van der Waals surface area (Å²) < 4.78 is 7.35. The fourth-order valence-electron chi connectivity index (χ4n) is 2.04. The van der Waals surface area contributed by atoms with Crippen LogP contribution in [0.1, 0.15) is 12.1 Å². The molecule has 0 radical (unpaired) electrons. The van der Waals surface area contributed by atoms with Gasteiger partial charge in [0.15, 0.2) is 0 Å². The van der Waals surface area contributed by atoms with Gasteiger partial charge in [-0.1, -0.05) is 0 Å². The van der Waals surface area contributed by atoms with Crippen LogP contribution in [-0.4, -0.2) is 28.2 Å². The number of hydrogen-bond acceptors (Lipinski definition) is 4. The Hall–Kier alpha value is -1.40. The average molecular weight is 224 g/mol. The van der Waals surface area contributed by atoms with E-state index < -0.39 is 6.10 Å². The Labute approximate surface area is 93.8 Å². The minimum atomic E-state index is -0.437. The molecule has 3 N–H and O–H groups in total. The van der Waals surface area contributed by atoms with Crippen LogP contribution in [0.2, 0.25) is 0 Å². The third kappa shape index (κ3) is 2.23. The zero-order chi connectivity index (χ0) is 11.5. The van der Waals surface area contributed by atoms with E-state index in [1.807, 2.05) is 17.7 Å². The number of nitrogens with zero attached hydrogens (tertiary/aromatic N) is 2. The molecule has 2 atom stereocenters. The van der Waals surface area contributed by atoms with E-state index in [2.05, 4.69) is 10.4 Å². The topological polar surface area (TPSA) is 82.2 Å². The normalized spacial score (nSPS) is 24.6. The second-order valence-corrected chi connectivity index (χ2v) is 4.06. The molecule has 0 spiro atoms. The first-order valence-corrected chi connectivity index (χ1v) is 5.31. The van der Waals surface area contributed by atoms with Crippen LogP contribution in [0, 0.1) is 12.8 Å². The Bertz CT molecular complexity index is 377. The van der Waals surface area contributed by atoms with Crippen LogP contribution in [0.25, 0.3) is 0 Å². The summed E-state index contributed by atoms with van der Waals surface area (Å²) in [5.74, 6) is 5.03. The van der Waals surface area contributed by atoms with Crippen LogP contribution in [-0.2, 0) is 16.1 Å². The van der Waals surface area contributed by atoms with E-state index in [1.54, 1.807) is 6.33 Å². The number of carbonyl (C=O) groups excluding carboxylic acids is 1. The van der Waals surface area contributed by atoms with E-state index in [0.29, 0.717) is 6.61 Å². The molecular weight excluding hydrogens is 208 g/mol. The van der Waals surface area contributed by atoms with E-state index in [1.165, 1.54) is 0 Å². The standard InChI is InChI=1S/C10H16N4O2/c1-7-4-14(6-12-7)5-8-2-3-16-9(8)10(15)13-11/h4,6,8-9H,2-3,5,11H2,1H3,(H,13,15)/t8-,9-/m0/s1. The number of ether oxygens (including phenoxy) is 1. The van der Waals surface area contributed by atoms with Crippen molar-refractivity contribution >= 4 is 5.91 Å². The maximum absolute atomic E-state index is 11.4. The van der Waals surface area contributed by atoms with Crippen molar-refractivity contribution < 1.29 is 9.53 Å². The summed E-state index contributed by atoms with van der Waals surface area (Å²) in [4.78, 5) is 15.6. The molecule has 1 aliphatic rings. The SMILES string of the molecule is Cc1cn(C[C@@H]2CCO[C@@H]2C(=O)NN)cn1. The molecule has 16 heavy (non-hydrogen) atoms. The second-order valence-electron chi connectivity index (χ2n) is 4.06. The molecule has 2 heterocycles. The lowest BCUT2D eigenvalue weighted by atomic mass is 10.0. The van der Waals surface area contributed by atoms with Crippen molar-refractivity contribution in [2.45, 2.75) is 26.0 Å². The zero-order valence-electron chi connectivity index (χ0n) is 9.22. The minimum Gasteiger partial charge on any atom is -0.368 e. The first-order valence-electron chi connectivity index (χ1n) is 5.31. The first kappa shape index (κ1) is 11.1. The molecule has 88 valence electrons. The van der Waals surface area contributed by atoms with Gasteiger partial charge in [0.1, 0.15) is 6.10 Å². The van der Waals surface area contributed by atoms with E-state index in [-0.39, 0.29) is 11.8 Å². The van der Waals surface area contributed by atoms with Crippen molar-refractivity contribution in [3.63, 3.8) is 0 Å². The Balaban J connectivity index is 2.01. The van der Waals surface area contributed by atoms with Crippen LogP contribution in [0.5, 0.6) is 0 Å². The smallest absolute Gasteiger partial charge is 0.263 e. The molecule has 1 aromatic rings. The van der Waals surface area contributed by atoms with Gasteiger partial charge in [0.05, 0.1) is 12.0 Å². The summed E-state index contributed by atoms with van der Waals surface area (Å²) >= 11 is 0. The van der Waals surface area contributed by atoms with E-state index in [4.69, 9.17) is 10.6 Å². The van der Waals surface area contributed by atoms with Crippen LogP contribution >= 0.6 is 0 Å².